The third-order valence-corrected chi connectivity index (χ3v) is 4.38. The molecule has 4 nitrogen and oxygen atoms in total. The van der Waals surface area contributed by atoms with Crippen LogP contribution < -0.4 is 4.90 Å². The zero-order chi connectivity index (χ0) is 14.9. The van der Waals surface area contributed by atoms with Crippen LogP contribution in [-0.2, 0) is 0 Å². The fraction of sp³-hybridized carbons (Fsp3) is 0.385. The molecule has 108 valence electrons. The number of halogens is 2. The van der Waals surface area contributed by atoms with Gasteiger partial charge in [-0.25, -0.2) is 9.97 Å². The van der Waals surface area contributed by atoms with Crippen molar-refractivity contribution in [2.75, 3.05) is 18.5 Å². The highest BCUT2D eigenvalue weighted by Gasteiger charge is 2.18. The number of aliphatic hydroxyl groups excluding tert-OH is 1. The number of pyridine rings is 1. The molecule has 0 aliphatic carbocycles. The summed E-state index contributed by atoms with van der Waals surface area (Å²) < 4.78 is 0. The highest BCUT2D eigenvalue weighted by molar-refractivity contribution is 7.09. The molecule has 0 amide bonds. The predicted molar refractivity (Wildman–Crippen MR) is 84.1 cm³/mol. The Morgan fingerprint density at radius 3 is 2.60 bits per heavy atom. The van der Waals surface area contributed by atoms with Crippen molar-refractivity contribution in [3.8, 4) is 0 Å². The maximum Gasteiger partial charge on any atom is 0.154 e. The van der Waals surface area contributed by atoms with Crippen LogP contribution in [-0.4, -0.2) is 28.7 Å². The van der Waals surface area contributed by atoms with Crippen LogP contribution in [0.5, 0.6) is 0 Å². The second-order valence-electron chi connectivity index (χ2n) is 4.62. The van der Waals surface area contributed by atoms with Crippen LogP contribution in [0.2, 0.25) is 10.3 Å². The van der Waals surface area contributed by atoms with E-state index in [9.17, 15) is 5.11 Å². The van der Waals surface area contributed by atoms with Gasteiger partial charge in [-0.1, -0.05) is 23.2 Å². The van der Waals surface area contributed by atoms with E-state index in [2.05, 4.69) is 9.97 Å². The molecule has 20 heavy (non-hydrogen) atoms. The molecule has 0 fully saturated rings. The van der Waals surface area contributed by atoms with E-state index in [1.165, 1.54) is 11.3 Å². The Hall–Kier alpha value is -0.880. The van der Waals surface area contributed by atoms with Gasteiger partial charge >= 0.3 is 0 Å². The molecule has 0 bridgehead atoms. The van der Waals surface area contributed by atoms with Gasteiger partial charge in [0.2, 0.25) is 0 Å². The third kappa shape index (κ3) is 3.41. The summed E-state index contributed by atoms with van der Waals surface area (Å²) in [7, 11) is 1.85. The molecule has 0 aliphatic heterocycles. The van der Waals surface area contributed by atoms with Gasteiger partial charge < -0.3 is 10.0 Å². The molecule has 1 N–H and O–H groups in total. The van der Waals surface area contributed by atoms with Gasteiger partial charge in [-0.3, -0.25) is 0 Å². The van der Waals surface area contributed by atoms with E-state index in [0.717, 1.165) is 16.9 Å². The molecule has 0 aromatic carbocycles. The van der Waals surface area contributed by atoms with Gasteiger partial charge in [0.1, 0.15) is 16.3 Å². The molecule has 1 atom stereocenters. The third-order valence-electron chi connectivity index (χ3n) is 2.86. The average molecular weight is 332 g/mol. The van der Waals surface area contributed by atoms with Crippen LogP contribution in [0.4, 0.5) is 5.69 Å². The second kappa shape index (κ2) is 6.26. The number of likely N-dealkylation sites (N-methyl/N-ethyl adjacent to an activating group) is 1. The smallest absolute Gasteiger partial charge is 0.154 e. The zero-order valence-electron chi connectivity index (χ0n) is 11.4. The van der Waals surface area contributed by atoms with Crippen LogP contribution in [0.3, 0.4) is 0 Å². The Kier molecular flexibility index (Phi) is 4.86. The molecule has 0 spiro atoms. The van der Waals surface area contributed by atoms with E-state index in [4.69, 9.17) is 23.2 Å². The Balaban J connectivity index is 2.18. The van der Waals surface area contributed by atoms with Gasteiger partial charge in [-0.2, -0.15) is 0 Å². The summed E-state index contributed by atoms with van der Waals surface area (Å²) in [6, 6.07) is 1.75. The average Bonchev–Trinajstić information content (AvgIpc) is 2.74. The SMILES string of the molecule is Cc1csc(C(O)CN(C)c2c(C)cc(Cl)nc2Cl)n1. The molecule has 2 rings (SSSR count). The van der Waals surface area contributed by atoms with Gasteiger partial charge in [-0.15, -0.1) is 11.3 Å². The lowest BCUT2D eigenvalue weighted by molar-refractivity contribution is 0.184. The lowest BCUT2D eigenvalue weighted by Crippen LogP contribution is -2.25. The molecule has 0 aliphatic rings. The van der Waals surface area contributed by atoms with Crippen LogP contribution in [0, 0.1) is 13.8 Å². The Morgan fingerprint density at radius 1 is 1.35 bits per heavy atom. The molecular weight excluding hydrogens is 317 g/mol. The van der Waals surface area contributed by atoms with Crippen molar-refractivity contribution in [2.45, 2.75) is 20.0 Å². The number of nitrogens with zero attached hydrogens (tertiary/aromatic N) is 3. The summed E-state index contributed by atoms with van der Waals surface area (Å²) in [5, 5.41) is 13.5. The standard InChI is InChI=1S/C13H15Cl2N3OS/c1-7-4-10(14)17-12(15)11(7)18(3)5-9(19)13-16-8(2)6-20-13/h4,6,9,19H,5H2,1-3H3. The van der Waals surface area contributed by atoms with E-state index in [1.54, 1.807) is 6.07 Å². The number of hydrogen-bond donors (Lipinski definition) is 1. The quantitative estimate of drug-likeness (QED) is 0.869. The van der Waals surface area contributed by atoms with E-state index in [0.29, 0.717) is 21.9 Å². The van der Waals surface area contributed by atoms with E-state index in [1.807, 2.05) is 31.2 Å². The molecule has 0 saturated carbocycles. The van der Waals surface area contributed by atoms with Crippen LogP contribution in [0.25, 0.3) is 0 Å². The van der Waals surface area contributed by atoms with Gasteiger partial charge in [0.05, 0.1) is 12.2 Å². The number of hydrogen-bond acceptors (Lipinski definition) is 5. The number of aliphatic hydroxyl groups is 1. The second-order valence-corrected chi connectivity index (χ2v) is 6.26. The summed E-state index contributed by atoms with van der Waals surface area (Å²) in [6.07, 6.45) is -0.662. The highest BCUT2D eigenvalue weighted by Crippen LogP contribution is 2.30. The van der Waals surface area contributed by atoms with Crippen molar-refractivity contribution >= 4 is 40.2 Å². The van der Waals surface area contributed by atoms with Crippen molar-refractivity contribution in [2.24, 2.45) is 0 Å². The summed E-state index contributed by atoms with van der Waals surface area (Å²) >= 11 is 13.4. The van der Waals surface area contributed by atoms with Gasteiger partial charge in [0.15, 0.2) is 5.15 Å². The lowest BCUT2D eigenvalue weighted by atomic mass is 10.2. The maximum atomic E-state index is 10.2. The molecule has 2 aromatic rings. The fourth-order valence-electron chi connectivity index (χ4n) is 2.00. The first-order valence-electron chi connectivity index (χ1n) is 6.02. The number of rotatable bonds is 4. The van der Waals surface area contributed by atoms with Crippen molar-refractivity contribution < 1.29 is 5.11 Å². The van der Waals surface area contributed by atoms with Gasteiger partial charge in [0, 0.05) is 18.1 Å². The summed E-state index contributed by atoms with van der Waals surface area (Å²) in [5.74, 6) is 0. The lowest BCUT2D eigenvalue weighted by Gasteiger charge is -2.24. The number of aromatic nitrogens is 2. The van der Waals surface area contributed by atoms with E-state index in [-0.39, 0.29) is 0 Å². The first-order valence-corrected chi connectivity index (χ1v) is 7.66. The molecular formula is C13H15Cl2N3OS. The molecule has 2 aromatic heterocycles. The molecule has 7 heteroatoms. The summed E-state index contributed by atoms with van der Waals surface area (Å²) in [6.45, 7) is 4.20. The first kappa shape index (κ1) is 15.5. The first-order chi connectivity index (χ1) is 9.38. The monoisotopic (exact) mass is 331 g/mol. The van der Waals surface area contributed by atoms with E-state index >= 15 is 0 Å². The molecule has 0 radical (unpaired) electrons. The minimum Gasteiger partial charge on any atom is -0.384 e. The van der Waals surface area contributed by atoms with Crippen molar-refractivity contribution in [3.05, 3.63) is 38.0 Å². The minimum atomic E-state index is -0.662. The highest BCUT2D eigenvalue weighted by atomic mass is 35.5. The van der Waals surface area contributed by atoms with Crippen LogP contribution in [0.1, 0.15) is 22.4 Å². The maximum absolute atomic E-state index is 10.2. The molecule has 1 unspecified atom stereocenters. The van der Waals surface area contributed by atoms with Crippen molar-refractivity contribution in [1.82, 2.24) is 9.97 Å². The summed E-state index contributed by atoms with van der Waals surface area (Å²) in [5.41, 5.74) is 2.59. The number of thiazole rings is 1. The topological polar surface area (TPSA) is 49.2 Å². The normalized spacial score (nSPS) is 12.5. The molecule has 2 heterocycles. The predicted octanol–water partition coefficient (Wildman–Crippen LogP) is 3.63. The van der Waals surface area contributed by atoms with E-state index < -0.39 is 6.10 Å². The Morgan fingerprint density at radius 2 is 2.05 bits per heavy atom. The Labute approximate surface area is 132 Å². The fourth-order valence-corrected chi connectivity index (χ4v) is 3.45. The van der Waals surface area contributed by atoms with Gasteiger partial charge in [-0.05, 0) is 25.5 Å². The number of anilines is 1. The van der Waals surface area contributed by atoms with Crippen LogP contribution >= 0.6 is 34.5 Å². The zero-order valence-corrected chi connectivity index (χ0v) is 13.7. The van der Waals surface area contributed by atoms with Crippen molar-refractivity contribution in [3.63, 3.8) is 0 Å². The molecule has 0 saturated heterocycles. The Bertz CT molecular complexity index is 594. The van der Waals surface area contributed by atoms with Crippen LogP contribution in [0.15, 0.2) is 11.4 Å². The summed E-state index contributed by atoms with van der Waals surface area (Å²) in [4.78, 5) is 10.2. The number of aryl methyl sites for hydroxylation is 2. The largest absolute Gasteiger partial charge is 0.384 e. The van der Waals surface area contributed by atoms with Gasteiger partial charge in [0.25, 0.3) is 0 Å². The van der Waals surface area contributed by atoms with Crippen molar-refractivity contribution in [1.29, 1.82) is 0 Å². The minimum absolute atomic E-state index is 0.333.